The van der Waals surface area contributed by atoms with E-state index in [-0.39, 0.29) is 18.4 Å². The Bertz CT molecular complexity index is 901. The highest BCUT2D eigenvalue weighted by atomic mass is 79.9. The minimum atomic E-state index is -3.56. The standard InChI is InChI=1S/C17H18BrClN2O3S2/c18-15-7-8-16(25-15)26(23,24)21-9-3-5-13(11-21)17(22)20-10-12-4-1-2-6-14(12)19/h1-2,4,6-8,13H,3,5,9-11H2,(H,20,22). The van der Waals surface area contributed by atoms with Gasteiger partial charge in [-0.2, -0.15) is 4.31 Å². The molecule has 1 atom stereocenters. The second-order valence-electron chi connectivity index (χ2n) is 6.07. The normalized spacial score (nSPS) is 18.6. The van der Waals surface area contributed by atoms with E-state index in [1.54, 1.807) is 18.2 Å². The number of carbonyl (C=O) groups excluding carboxylic acids is 1. The number of piperidine rings is 1. The van der Waals surface area contributed by atoms with Crippen LogP contribution in [0.1, 0.15) is 18.4 Å². The maximum absolute atomic E-state index is 12.8. The van der Waals surface area contributed by atoms with Crippen LogP contribution in [0.4, 0.5) is 0 Å². The predicted octanol–water partition coefficient (Wildman–Crippen LogP) is 3.88. The van der Waals surface area contributed by atoms with Crippen molar-refractivity contribution in [2.45, 2.75) is 23.6 Å². The molecule has 1 saturated heterocycles. The Morgan fingerprint density at radius 1 is 1.31 bits per heavy atom. The van der Waals surface area contributed by atoms with Gasteiger partial charge in [0.05, 0.1) is 9.70 Å². The molecule has 1 N–H and O–H groups in total. The molecule has 1 aromatic heterocycles. The summed E-state index contributed by atoms with van der Waals surface area (Å²) in [4.78, 5) is 12.5. The van der Waals surface area contributed by atoms with E-state index in [1.165, 1.54) is 15.6 Å². The third kappa shape index (κ3) is 4.48. The van der Waals surface area contributed by atoms with Gasteiger partial charge in [0.25, 0.3) is 10.0 Å². The summed E-state index contributed by atoms with van der Waals surface area (Å²) >= 11 is 10.6. The van der Waals surface area contributed by atoms with Crippen molar-refractivity contribution >= 4 is 54.8 Å². The second kappa shape index (κ2) is 8.39. The van der Waals surface area contributed by atoms with Crippen LogP contribution in [0.25, 0.3) is 0 Å². The Hall–Kier alpha value is -0.930. The van der Waals surface area contributed by atoms with Crippen molar-refractivity contribution in [2.75, 3.05) is 13.1 Å². The molecule has 1 aliphatic heterocycles. The molecule has 140 valence electrons. The van der Waals surface area contributed by atoms with Crippen LogP contribution in [0.2, 0.25) is 5.02 Å². The summed E-state index contributed by atoms with van der Waals surface area (Å²) < 4.78 is 28.0. The summed E-state index contributed by atoms with van der Waals surface area (Å²) in [6, 6.07) is 10.6. The molecule has 3 rings (SSSR count). The molecule has 2 heterocycles. The molecule has 1 unspecified atom stereocenters. The monoisotopic (exact) mass is 476 g/mol. The zero-order valence-corrected chi connectivity index (χ0v) is 17.8. The smallest absolute Gasteiger partial charge is 0.252 e. The van der Waals surface area contributed by atoms with Crippen molar-refractivity contribution in [3.63, 3.8) is 0 Å². The molecule has 0 radical (unpaired) electrons. The minimum absolute atomic E-state index is 0.142. The van der Waals surface area contributed by atoms with E-state index in [0.29, 0.717) is 35.2 Å². The van der Waals surface area contributed by atoms with E-state index in [9.17, 15) is 13.2 Å². The maximum atomic E-state index is 12.8. The van der Waals surface area contributed by atoms with Crippen molar-refractivity contribution in [2.24, 2.45) is 5.92 Å². The second-order valence-corrected chi connectivity index (χ2v) is 11.1. The van der Waals surface area contributed by atoms with E-state index < -0.39 is 10.0 Å². The molecule has 1 aromatic carbocycles. The van der Waals surface area contributed by atoms with Crippen molar-refractivity contribution in [3.8, 4) is 0 Å². The fourth-order valence-corrected chi connectivity index (χ4v) is 6.80. The number of carbonyl (C=O) groups is 1. The lowest BCUT2D eigenvalue weighted by Crippen LogP contribution is -2.45. The number of rotatable bonds is 5. The van der Waals surface area contributed by atoms with Crippen molar-refractivity contribution in [1.29, 1.82) is 0 Å². The van der Waals surface area contributed by atoms with Gasteiger partial charge in [0.1, 0.15) is 4.21 Å². The summed E-state index contributed by atoms with van der Waals surface area (Å²) in [6.07, 6.45) is 1.34. The van der Waals surface area contributed by atoms with Crippen LogP contribution in [0.3, 0.4) is 0 Å². The predicted molar refractivity (Wildman–Crippen MR) is 107 cm³/mol. The molecule has 0 saturated carbocycles. The first-order chi connectivity index (χ1) is 12.4. The lowest BCUT2D eigenvalue weighted by molar-refractivity contribution is -0.126. The van der Waals surface area contributed by atoms with Crippen LogP contribution in [-0.2, 0) is 21.4 Å². The molecule has 0 aliphatic carbocycles. The quantitative estimate of drug-likeness (QED) is 0.711. The van der Waals surface area contributed by atoms with Gasteiger partial charge in [0, 0.05) is 24.7 Å². The number of sulfonamides is 1. The van der Waals surface area contributed by atoms with E-state index in [1.807, 2.05) is 18.2 Å². The third-order valence-corrected chi connectivity index (χ3v) is 8.63. The van der Waals surface area contributed by atoms with Gasteiger partial charge in [-0.05, 0) is 52.5 Å². The van der Waals surface area contributed by atoms with Crippen LogP contribution >= 0.6 is 38.9 Å². The number of benzene rings is 1. The maximum Gasteiger partial charge on any atom is 0.252 e. The topological polar surface area (TPSA) is 66.5 Å². The number of halogens is 2. The number of hydrogen-bond donors (Lipinski definition) is 1. The van der Waals surface area contributed by atoms with Crippen molar-refractivity contribution in [3.05, 3.63) is 50.8 Å². The average molecular weight is 478 g/mol. The highest BCUT2D eigenvalue weighted by molar-refractivity contribution is 9.11. The highest BCUT2D eigenvalue weighted by Gasteiger charge is 2.34. The Labute approximate surface area is 170 Å². The van der Waals surface area contributed by atoms with Gasteiger partial charge in [-0.15, -0.1) is 11.3 Å². The summed E-state index contributed by atoms with van der Waals surface area (Å²) in [5, 5.41) is 3.48. The van der Waals surface area contributed by atoms with Crippen molar-refractivity contribution in [1.82, 2.24) is 9.62 Å². The fourth-order valence-electron chi connectivity index (χ4n) is 2.91. The van der Waals surface area contributed by atoms with E-state index >= 15 is 0 Å². The van der Waals surface area contributed by atoms with Crippen molar-refractivity contribution < 1.29 is 13.2 Å². The first-order valence-electron chi connectivity index (χ1n) is 8.14. The van der Waals surface area contributed by atoms with Crippen LogP contribution in [0, 0.1) is 5.92 Å². The molecule has 9 heteroatoms. The highest BCUT2D eigenvalue weighted by Crippen LogP contribution is 2.31. The lowest BCUT2D eigenvalue weighted by Gasteiger charge is -2.30. The number of nitrogens with one attached hydrogen (secondary N) is 1. The lowest BCUT2D eigenvalue weighted by atomic mass is 9.99. The molecule has 0 bridgehead atoms. The van der Waals surface area contributed by atoms with Gasteiger partial charge in [0.2, 0.25) is 5.91 Å². The Kier molecular flexibility index (Phi) is 6.40. The summed E-state index contributed by atoms with van der Waals surface area (Å²) in [6.45, 7) is 0.970. The van der Waals surface area contributed by atoms with Crippen LogP contribution in [-0.4, -0.2) is 31.7 Å². The molecule has 1 aliphatic rings. The van der Waals surface area contributed by atoms with Gasteiger partial charge in [0.15, 0.2) is 0 Å². The van der Waals surface area contributed by atoms with Gasteiger partial charge in [-0.25, -0.2) is 8.42 Å². The number of amides is 1. The molecule has 1 amide bonds. The largest absolute Gasteiger partial charge is 0.352 e. The molecule has 5 nitrogen and oxygen atoms in total. The van der Waals surface area contributed by atoms with Gasteiger partial charge in [-0.3, -0.25) is 4.79 Å². The first-order valence-corrected chi connectivity index (χ1v) is 11.6. The minimum Gasteiger partial charge on any atom is -0.352 e. The number of thiophene rings is 1. The summed E-state index contributed by atoms with van der Waals surface area (Å²) in [5.74, 6) is -0.499. The molecule has 1 fully saturated rings. The molecular weight excluding hydrogens is 460 g/mol. The van der Waals surface area contributed by atoms with Crippen LogP contribution in [0.15, 0.2) is 44.4 Å². The SMILES string of the molecule is O=C(NCc1ccccc1Cl)C1CCCN(S(=O)(=O)c2ccc(Br)s2)C1. The zero-order valence-electron chi connectivity index (χ0n) is 13.8. The molecule has 26 heavy (non-hydrogen) atoms. The number of nitrogens with zero attached hydrogens (tertiary/aromatic N) is 1. The Balaban J connectivity index is 1.64. The van der Waals surface area contributed by atoms with Gasteiger partial charge in [-0.1, -0.05) is 29.8 Å². The summed E-state index contributed by atoms with van der Waals surface area (Å²) in [5.41, 5.74) is 0.839. The average Bonchev–Trinajstić information content (AvgIpc) is 3.08. The first kappa shape index (κ1) is 19.8. The Morgan fingerprint density at radius 2 is 2.08 bits per heavy atom. The summed E-state index contributed by atoms with van der Waals surface area (Å²) in [7, 11) is -3.56. The Morgan fingerprint density at radius 3 is 2.77 bits per heavy atom. The molecule has 0 spiro atoms. The zero-order chi connectivity index (χ0) is 18.7. The van der Waals surface area contributed by atoms with E-state index in [0.717, 1.165) is 9.35 Å². The van der Waals surface area contributed by atoms with Crippen LogP contribution < -0.4 is 5.32 Å². The van der Waals surface area contributed by atoms with Gasteiger partial charge >= 0.3 is 0 Å². The molecule has 2 aromatic rings. The fraction of sp³-hybridized carbons (Fsp3) is 0.353. The van der Waals surface area contributed by atoms with E-state index in [4.69, 9.17) is 11.6 Å². The van der Waals surface area contributed by atoms with Gasteiger partial charge < -0.3 is 5.32 Å². The molecular formula is C17H18BrClN2O3S2. The third-order valence-electron chi connectivity index (χ3n) is 4.31. The van der Waals surface area contributed by atoms with E-state index in [2.05, 4.69) is 21.2 Å². The van der Waals surface area contributed by atoms with Crippen LogP contribution in [0.5, 0.6) is 0 Å². The number of hydrogen-bond acceptors (Lipinski definition) is 4.